The number of nitrogens with one attached hydrogen (secondary N) is 1. The summed E-state index contributed by atoms with van der Waals surface area (Å²) < 4.78 is 5.36. The standard InChI is InChI=1S/C23H19N3O3S2/c1-30-18-12-6-5-8-15(18)14-25-23(28)29-21-20(27)19-17(11-7-13-24-19)22(26-21)31-16-9-3-2-4-10-16/h2-13,27H,14H2,1H3,(H,25,28). The fourth-order valence-corrected chi connectivity index (χ4v) is 4.50. The molecule has 2 heterocycles. The van der Waals surface area contributed by atoms with E-state index in [-0.39, 0.29) is 11.6 Å². The van der Waals surface area contributed by atoms with Gasteiger partial charge in [-0.15, -0.1) is 11.8 Å². The molecule has 8 heteroatoms. The number of ether oxygens (including phenoxy) is 1. The molecule has 0 saturated carbocycles. The van der Waals surface area contributed by atoms with E-state index in [1.165, 1.54) is 11.8 Å². The van der Waals surface area contributed by atoms with E-state index in [4.69, 9.17) is 4.74 Å². The quantitative estimate of drug-likeness (QED) is 0.376. The highest BCUT2D eigenvalue weighted by Crippen LogP contribution is 2.39. The first kappa shape index (κ1) is 21.0. The predicted octanol–water partition coefficient (Wildman–Crippen LogP) is 5.50. The lowest BCUT2D eigenvalue weighted by atomic mass is 10.2. The smallest absolute Gasteiger partial charge is 0.414 e. The molecule has 156 valence electrons. The monoisotopic (exact) mass is 449 g/mol. The molecule has 0 aliphatic carbocycles. The second kappa shape index (κ2) is 9.72. The molecule has 2 aromatic heterocycles. The van der Waals surface area contributed by atoms with Gasteiger partial charge in [0.15, 0.2) is 0 Å². The molecule has 0 aliphatic rings. The normalized spacial score (nSPS) is 10.7. The highest BCUT2D eigenvalue weighted by atomic mass is 32.2. The van der Waals surface area contributed by atoms with Crippen molar-refractivity contribution in [3.63, 3.8) is 0 Å². The van der Waals surface area contributed by atoms with Gasteiger partial charge in [0.05, 0.1) is 0 Å². The van der Waals surface area contributed by atoms with Gasteiger partial charge in [-0.3, -0.25) is 4.98 Å². The summed E-state index contributed by atoms with van der Waals surface area (Å²) in [5, 5.41) is 14.6. The minimum atomic E-state index is -0.704. The Morgan fingerprint density at radius 3 is 2.65 bits per heavy atom. The van der Waals surface area contributed by atoms with Crippen molar-refractivity contribution in [2.75, 3.05) is 6.26 Å². The first-order valence-electron chi connectivity index (χ1n) is 9.44. The van der Waals surface area contributed by atoms with Gasteiger partial charge in [-0.1, -0.05) is 48.2 Å². The first-order chi connectivity index (χ1) is 15.2. The van der Waals surface area contributed by atoms with Crippen LogP contribution in [0.2, 0.25) is 0 Å². The number of amides is 1. The van der Waals surface area contributed by atoms with E-state index in [1.807, 2.05) is 66.9 Å². The number of hydrogen-bond acceptors (Lipinski definition) is 7. The molecular weight excluding hydrogens is 430 g/mol. The van der Waals surface area contributed by atoms with Gasteiger partial charge < -0.3 is 15.2 Å². The Morgan fingerprint density at radius 1 is 1.06 bits per heavy atom. The van der Waals surface area contributed by atoms with Crippen LogP contribution in [0.1, 0.15) is 5.56 Å². The Morgan fingerprint density at radius 2 is 1.84 bits per heavy atom. The Bertz CT molecular complexity index is 1220. The van der Waals surface area contributed by atoms with Crippen molar-refractivity contribution < 1.29 is 14.6 Å². The molecule has 0 saturated heterocycles. The number of fused-ring (bicyclic) bond motifs is 1. The van der Waals surface area contributed by atoms with Crippen molar-refractivity contribution in [1.82, 2.24) is 15.3 Å². The largest absolute Gasteiger partial charge is 0.502 e. The number of aromatic nitrogens is 2. The molecule has 0 atom stereocenters. The van der Waals surface area contributed by atoms with Gasteiger partial charge in [-0.05, 0) is 42.2 Å². The number of aromatic hydroxyl groups is 1. The van der Waals surface area contributed by atoms with Gasteiger partial charge in [0, 0.05) is 27.9 Å². The summed E-state index contributed by atoms with van der Waals surface area (Å²) in [5.74, 6) is -0.451. The number of pyridine rings is 2. The molecule has 31 heavy (non-hydrogen) atoms. The van der Waals surface area contributed by atoms with E-state index in [0.29, 0.717) is 22.5 Å². The maximum absolute atomic E-state index is 12.4. The van der Waals surface area contributed by atoms with Crippen LogP contribution < -0.4 is 10.1 Å². The van der Waals surface area contributed by atoms with Crippen LogP contribution in [0.4, 0.5) is 4.79 Å². The van der Waals surface area contributed by atoms with Gasteiger partial charge in [0.2, 0.25) is 5.75 Å². The summed E-state index contributed by atoms with van der Waals surface area (Å²) >= 11 is 3.01. The molecule has 4 aromatic rings. The third kappa shape index (κ3) is 4.92. The molecule has 2 aromatic carbocycles. The van der Waals surface area contributed by atoms with Crippen LogP contribution in [0.3, 0.4) is 0 Å². The van der Waals surface area contributed by atoms with Gasteiger partial charge in [-0.25, -0.2) is 9.78 Å². The van der Waals surface area contributed by atoms with Gasteiger partial charge in [-0.2, -0.15) is 0 Å². The minimum Gasteiger partial charge on any atom is -0.502 e. The molecule has 6 nitrogen and oxygen atoms in total. The van der Waals surface area contributed by atoms with Crippen LogP contribution in [0, 0.1) is 0 Å². The zero-order chi connectivity index (χ0) is 21.6. The fourth-order valence-electron chi connectivity index (χ4n) is 2.96. The van der Waals surface area contributed by atoms with Crippen LogP contribution >= 0.6 is 23.5 Å². The Hall–Kier alpha value is -3.23. The van der Waals surface area contributed by atoms with E-state index in [9.17, 15) is 9.90 Å². The van der Waals surface area contributed by atoms with Gasteiger partial charge in [0.25, 0.3) is 5.88 Å². The maximum Gasteiger partial charge on any atom is 0.414 e. The van der Waals surface area contributed by atoms with Crippen molar-refractivity contribution in [2.24, 2.45) is 0 Å². The number of thioether (sulfide) groups is 1. The topological polar surface area (TPSA) is 84.3 Å². The van der Waals surface area contributed by atoms with Crippen LogP contribution in [0.15, 0.2) is 87.7 Å². The first-order valence-corrected chi connectivity index (χ1v) is 11.5. The second-order valence-electron chi connectivity index (χ2n) is 6.44. The van der Waals surface area contributed by atoms with Crippen molar-refractivity contribution >= 4 is 40.5 Å². The molecule has 1 amide bonds. The van der Waals surface area contributed by atoms with E-state index < -0.39 is 6.09 Å². The number of carbonyl (C=O) groups excluding carboxylic acids is 1. The average Bonchev–Trinajstić information content (AvgIpc) is 2.81. The highest BCUT2D eigenvalue weighted by Gasteiger charge is 2.19. The lowest BCUT2D eigenvalue weighted by Crippen LogP contribution is -2.27. The summed E-state index contributed by atoms with van der Waals surface area (Å²) in [6.07, 6.45) is 2.85. The molecule has 2 N–H and O–H groups in total. The van der Waals surface area contributed by atoms with E-state index in [1.54, 1.807) is 24.0 Å². The summed E-state index contributed by atoms with van der Waals surface area (Å²) in [7, 11) is 0. The molecule has 0 unspecified atom stereocenters. The third-order valence-electron chi connectivity index (χ3n) is 4.43. The fraction of sp³-hybridized carbons (Fsp3) is 0.0870. The van der Waals surface area contributed by atoms with Crippen molar-refractivity contribution in [3.8, 4) is 11.6 Å². The lowest BCUT2D eigenvalue weighted by Gasteiger charge is -2.12. The number of rotatable bonds is 6. The van der Waals surface area contributed by atoms with Crippen LogP contribution in [-0.4, -0.2) is 27.4 Å². The Labute approximate surface area is 188 Å². The van der Waals surface area contributed by atoms with Crippen LogP contribution in [-0.2, 0) is 6.54 Å². The van der Waals surface area contributed by atoms with Crippen molar-refractivity contribution in [2.45, 2.75) is 21.4 Å². The number of benzene rings is 2. The van der Waals surface area contributed by atoms with E-state index in [0.717, 1.165) is 15.4 Å². The minimum absolute atomic E-state index is 0.180. The van der Waals surface area contributed by atoms with Crippen molar-refractivity contribution in [1.29, 1.82) is 0 Å². The third-order valence-corrected chi connectivity index (χ3v) is 6.28. The Kier molecular flexibility index (Phi) is 6.59. The van der Waals surface area contributed by atoms with Crippen molar-refractivity contribution in [3.05, 3.63) is 78.5 Å². The predicted molar refractivity (Wildman–Crippen MR) is 123 cm³/mol. The molecule has 0 radical (unpaired) electrons. The second-order valence-corrected chi connectivity index (χ2v) is 8.35. The molecule has 0 bridgehead atoms. The number of nitrogens with zero attached hydrogens (tertiary/aromatic N) is 2. The zero-order valence-electron chi connectivity index (χ0n) is 16.6. The molecule has 0 fully saturated rings. The molecule has 0 spiro atoms. The average molecular weight is 450 g/mol. The summed E-state index contributed by atoms with van der Waals surface area (Å²) in [6, 6.07) is 21.1. The molecule has 4 rings (SSSR count). The SMILES string of the molecule is CSc1ccccc1CNC(=O)Oc1nc(Sc2ccccc2)c2cccnc2c1O. The molecular formula is C23H19N3O3S2. The summed E-state index contributed by atoms with van der Waals surface area (Å²) in [4.78, 5) is 23.1. The van der Waals surface area contributed by atoms with Crippen LogP contribution in [0.25, 0.3) is 10.9 Å². The number of hydrogen-bond donors (Lipinski definition) is 2. The zero-order valence-corrected chi connectivity index (χ0v) is 18.2. The van der Waals surface area contributed by atoms with Gasteiger partial charge in [0.1, 0.15) is 10.5 Å². The van der Waals surface area contributed by atoms with E-state index >= 15 is 0 Å². The van der Waals surface area contributed by atoms with Gasteiger partial charge >= 0.3 is 6.09 Å². The summed E-state index contributed by atoms with van der Waals surface area (Å²) in [5.41, 5.74) is 1.30. The maximum atomic E-state index is 12.4. The highest BCUT2D eigenvalue weighted by molar-refractivity contribution is 7.99. The molecule has 0 aliphatic heterocycles. The lowest BCUT2D eigenvalue weighted by molar-refractivity contribution is 0.195. The van der Waals surface area contributed by atoms with E-state index in [2.05, 4.69) is 15.3 Å². The van der Waals surface area contributed by atoms with Crippen LogP contribution in [0.5, 0.6) is 11.6 Å². The Balaban J connectivity index is 1.58. The number of carbonyl (C=O) groups is 1. The summed E-state index contributed by atoms with van der Waals surface area (Å²) in [6.45, 7) is 0.300.